The highest BCUT2D eigenvalue weighted by Gasteiger charge is 2.31. The quantitative estimate of drug-likeness (QED) is 0.502. The summed E-state index contributed by atoms with van der Waals surface area (Å²) in [5.41, 5.74) is 2.23. The monoisotopic (exact) mass is 471 g/mol. The lowest BCUT2D eigenvalue weighted by molar-refractivity contribution is -0.123. The molecule has 1 aliphatic heterocycles. The van der Waals surface area contributed by atoms with Gasteiger partial charge in [0, 0.05) is 21.6 Å². The number of anilines is 1. The molecule has 2 aromatic rings. The predicted molar refractivity (Wildman–Crippen MR) is 129 cm³/mol. The number of halogens is 1. The van der Waals surface area contributed by atoms with Crippen LogP contribution in [0.25, 0.3) is 0 Å². The number of carbonyl (C=O) groups excluding carboxylic acids is 2. The fourth-order valence-corrected chi connectivity index (χ4v) is 6.21. The number of carbonyl (C=O) groups is 2. The molecule has 0 bridgehead atoms. The fraction of sp³-hybridized carbons (Fsp3) is 0.520. The number of nitrogens with one attached hydrogen (secondary N) is 3. The van der Waals surface area contributed by atoms with Gasteiger partial charge >= 0.3 is 0 Å². The van der Waals surface area contributed by atoms with Gasteiger partial charge in [0.05, 0.1) is 10.9 Å². The molecular formula is C25H30ClN3O2S. The first-order chi connectivity index (χ1) is 15.6. The summed E-state index contributed by atoms with van der Waals surface area (Å²) in [6.45, 7) is 0. The summed E-state index contributed by atoms with van der Waals surface area (Å²) in [6, 6.07) is 9.88. The third-order valence-corrected chi connectivity index (χ3v) is 8.47. The summed E-state index contributed by atoms with van der Waals surface area (Å²) < 4.78 is 0. The van der Waals surface area contributed by atoms with Crippen LogP contribution in [0.1, 0.15) is 77.5 Å². The molecule has 3 N–H and O–H groups in total. The molecule has 2 aliphatic carbocycles. The smallest absolute Gasteiger partial charge is 0.262 e. The van der Waals surface area contributed by atoms with Crippen molar-refractivity contribution in [1.82, 2.24) is 10.6 Å². The zero-order valence-electron chi connectivity index (χ0n) is 18.2. The first-order valence-electron chi connectivity index (χ1n) is 11.8. The first kappa shape index (κ1) is 21.8. The molecule has 3 aliphatic rings. The van der Waals surface area contributed by atoms with E-state index in [4.69, 9.17) is 11.6 Å². The number of thiophene rings is 1. The van der Waals surface area contributed by atoms with Gasteiger partial charge in [-0.15, -0.1) is 11.3 Å². The third kappa shape index (κ3) is 4.96. The van der Waals surface area contributed by atoms with Gasteiger partial charge in [-0.25, -0.2) is 0 Å². The summed E-state index contributed by atoms with van der Waals surface area (Å²) in [6.07, 6.45) is 9.46. The molecule has 5 nitrogen and oxygen atoms in total. The van der Waals surface area contributed by atoms with Gasteiger partial charge in [-0.3, -0.25) is 9.59 Å². The molecule has 1 aromatic carbocycles. The standard InChI is InChI=1S/C25H30ClN3O2S/c26-18-6-3-7-19-17(18)10-11-20(28-19)22-12-13-23(32-22)25(31)29-21(14-15-4-1-2-5-15)24(30)27-16-8-9-16/h3,6-7,12-13,15-16,20-21,28H,1-2,4-5,8-11,14H2,(H,27,30)(H,29,31)/t20-,21-/m0/s1. The van der Waals surface area contributed by atoms with Gasteiger partial charge in [0.25, 0.3) is 5.91 Å². The predicted octanol–water partition coefficient (Wildman–Crippen LogP) is 5.46. The highest BCUT2D eigenvalue weighted by molar-refractivity contribution is 7.14. The Bertz CT molecular complexity index is 997. The Kier molecular flexibility index (Phi) is 6.42. The van der Waals surface area contributed by atoms with E-state index in [-0.39, 0.29) is 17.9 Å². The van der Waals surface area contributed by atoms with E-state index >= 15 is 0 Å². The second-order valence-electron chi connectivity index (χ2n) is 9.40. The van der Waals surface area contributed by atoms with Gasteiger partial charge in [0.15, 0.2) is 0 Å². The van der Waals surface area contributed by atoms with Crippen LogP contribution in [0, 0.1) is 5.92 Å². The van der Waals surface area contributed by atoms with Crippen LogP contribution in [0.4, 0.5) is 5.69 Å². The average Bonchev–Trinajstić information content (AvgIpc) is 3.25. The molecule has 0 unspecified atom stereocenters. The molecule has 2 heterocycles. The first-order valence-corrected chi connectivity index (χ1v) is 13.0. The van der Waals surface area contributed by atoms with Gasteiger partial charge in [-0.2, -0.15) is 0 Å². The van der Waals surface area contributed by atoms with Crippen molar-refractivity contribution in [1.29, 1.82) is 0 Å². The molecule has 7 heteroatoms. The third-order valence-electron chi connectivity index (χ3n) is 6.91. The summed E-state index contributed by atoms with van der Waals surface area (Å²) in [4.78, 5) is 27.7. The van der Waals surface area contributed by atoms with Crippen LogP contribution in [-0.2, 0) is 11.2 Å². The Morgan fingerprint density at radius 3 is 2.69 bits per heavy atom. The molecule has 0 spiro atoms. The van der Waals surface area contributed by atoms with Crippen LogP contribution in [0.5, 0.6) is 0 Å². The van der Waals surface area contributed by atoms with E-state index in [1.807, 2.05) is 24.3 Å². The van der Waals surface area contributed by atoms with Crippen LogP contribution in [-0.4, -0.2) is 23.9 Å². The summed E-state index contributed by atoms with van der Waals surface area (Å²) in [5, 5.41) is 10.5. The van der Waals surface area contributed by atoms with Crippen LogP contribution >= 0.6 is 22.9 Å². The molecular weight excluding hydrogens is 442 g/mol. The maximum atomic E-state index is 13.1. The maximum absolute atomic E-state index is 13.1. The van der Waals surface area contributed by atoms with E-state index in [1.165, 1.54) is 24.2 Å². The zero-order valence-corrected chi connectivity index (χ0v) is 19.7. The molecule has 2 atom stereocenters. The van der Waals surface area contributed by atoms with Crippen molar-refractivity contribution in [2.45, 2.75) is 75.9 Å². The van der Waals surface area contributed by atoms with Crippen LogP contribution in [0.15, 0.2) is 30.3 Å². The van der Waals surface area contributed by atoms with Crippen molar-refractivity contribution in [3.05, 3.63) is 50.7 Å². The topological polar surface area (TPSA) is 70.2 Å². The maximum Gasteiger partial charge on any atom is 0.262 e. The van der Waals surface area contributed by atoms with Gasteiger partial charge < -0.3 is 16.0 Å². The SMILES string of the molecule is O=C(N[C@@H](CC1CCCC1)C(=O)NC1CC1)c1ccc([C@@H]2CCc3c(Cl)cccc3N2)s1. The van der Waals surface area contributed by atoms with E-state index in [0.717, 1.165) is 66.1 Å². The van der Waals surface area contributed by atoms with E-state index < -0.39 is 6.04 Å². The minimum atomic E-state index is -0.446. The molecule has 0 radical (unpaired) electrons. The highest BCUT2D eigenvalue weighted by Crippen LogP contribution is 2.38. The van der Waals surface area contributed by atoms with Crippen molar-refractivity contribution in [2.75, 3.05) is 5.32 Å². The van der Waals surface area contributed by atoms with Crippen LogP contribution < -0.4 is 16.0 Å². The number of amides is 2. The molecule has 32 heavy (non-hydrogen) atoms. The number of hydrogen-bond donors (Lipinski definition) is 3. The number of fused-ring (bicyclic) bond motifs is 1. The Morgan fingerprint density at radius 1 is 1.09 bits per heavy atom. The van der Waals surface area contributed by atoms with Gasteiger partial charge in [-0.05, 0) is 67.9 Å². The summed E-state index contributed by atoms with van der Waals surface area (Å²) in [5.74, 6) is 0.365. The average molecular weight is 472 g/mol. The lowest BCUT2D eigenvalue weighted by Crippen LogP contribution is -2.48. The second-order valence-corrected chi connectivity index (χ2v) is 10.9. The van der Waals surface area contributed by atoms with Crippen molar-refractivity contribution in [2.24, 2.45) is 5.92 Å². The minimum absolute atomic E-state index is 0.0213. The van der Waals surface area contributed by atoms with E-state index in [1.54, 1.807) is 0 Å². The molecule has 2 amide bonds. The lowest BCUT2D eigenvalue weighted by atomic mass is 9.97. The van der Waals surface area contributed by atoms with E-state index in [2.05, 4.69) is 22.0 Å². The second kappa shape index (κ2) is 9.44. The lowest BCUT2D eigenvalue weighted by Gasteiger charge is -2.27. The molecule has 0 saturated heterocycles. The molecule has 2 saturated carbocycles. The van der Waals surface area contributed by atoms with Crippen molar-refractivity contribution < 1.29 is 9.59 Å². The fourth-order valence-electron chi connectivity index (χ4n) is 4.94. The van der Waals surface area contributed by atoms with Crippen molar-refractivity contribution >= 4 is 40.4 Å². The van der Waals surface area contributed by atoms with Gasteiger partial charge in [0.2, 0.25) is 5.91 Å². The summed E-state index contributed by atoms with van der Waals surface area (Å²) in [7, 11) is 0. The van der Waals surface area contributed by atoms with E-state index in [0.29, 0.717) is 16.8 Å². The Labute approximate surface area is 198 Å². The Balaban J connectivity index is 1.25. The van der Waals surface area contributed by atoms with Crippen molar-refractivity contribution in [3.8, 4) is 0 Å². The summed E-state index contributed by atoms with van der Waals surface area (Å²) >= 11 is 7.84. The Hall–Kier alpha value is -2.05. The minimum Gasteiger partial charge on any atom is -0.377 e. The van der Waals surface area contributed by atoms with Crippen LogP contribution in [0.2, 0.25) is 5.02 Å². The molecule has 170 valence electrons. The molecule has 1 aromatic heterocycles. The van der Waals surface area contributed by atoms with Crippen LogP contribution in [0.3, 0.4) is 0 Å². The van der Waals surface area contributed by atoms with Gasteiger partial charge in [-0.1, -0.05) is 43.4 Å². The number of rotatable bonds is 7. The Morgan fingerprint density at radius 2 is 1.91 bits per heavy atom. The highest BCUT2D eigenvalue weighted by atomic mass is 35.5. The number of benzene rings is 1. The number of hydrogen-bond acceptors (Lipinski definition) is 4. The zero-order chi connectivity index (χ0) is 22.1. The van der Waals surface area contributed by atoms with E-state index in [9.17, 15) is 9.59 Å². The largest absolute Gasteiger partial charge is 0.377 e. The molecule has 5 rings (SSSR count). The molecule has 2 fully saturated rings. The van der Waals surface area contributed by atoms with Crippen molar-refractivity contribution in [3.63, 3.8) is 0 Å². The normalized spacial score (nSPS) is 21.5. The van der Waals surface area contributed by atoms with Gasteiger partial charge in [0.1, 0.15) is 6.04 Å².